The summed E-state index contributed by atoms with van der Waals surface area (Å²) >= 11 is 0. The molecule has 4 N–H and O–H groups in total. The van der Waals surface area contributed by atoms with Gasteiger partial charge in [-0.25, -0.2) is 0 Å². The molecule has 1 fully saturated rings. The van der Waals surface area contributed by atoms with Gasteiger partial charge in [-0.3, -0.25) is 19.3 Å². The van der Waals surface area contributed by atoms with Crippen molar-refractivity contribution in [2.24, 2.45) is 0 Å². The highest BCUT2D eigenvalue weighted by atomic mass is 35.5. The van der Waals surface area contributed by atoms with Crippen LogP contribution in [0.1, 0.15) is 10.4 Å². The summed E-state index contributed by atoms with van der Waals surface area (Å²) in [5.41, 5.74) is 0.313. The molecule has 146 valence electrons. The zero-order chi connectivity index (χ0) is 18.4. The largest absolute Gasteiger partial charge is 0.360 e. The van der Waals surface area contributed by atoms with Gasteiger partial charge in [0.05, 0.1) is 6.54 Å². The number of pyridine rings is 1. The SMILES string of the molecule is Cl.O=C(CNC(=O)c1c[nH]c2ccccc2c1=O)NCCN1CCNCC1. The van der Waals surface area contributed by atoms with Gasteiger partial charge in [-0.2, -0.15) is 0 Å². The molecule has 2 heterocycles. The minimum Gasteiger partial charge on any atom is -0.360 e. The number of nitrogens with one attached hydrogen (secondary N) is 4. The Kier molecular flexibility index (Phi) is 7.78. The van der Waals surface area contributed by atoms with Crippen molar-refractivity contribution < 1.29 is 9.59 Å². The number of hydrogen-bond donors (Lipinski definition) is 4. The Morgan fingerprint density at radius 1 is 1.11 bits per heavy atom. The molecule has 9 heteroatoms. The maximum Gasteiger partial charge on any atom is 0.257 e. The lowest BCUT2D eigenvalue weighted by atomic mass is 10.1. The van der Waals surface area contributed by atoms with Crippen LogP contribution in [-0.2, 0) is 4.79 Å². The summed E-state index contributed by atoms with van der Waals surface area (Å²) in [7, 11) is 0. The number of H-pyrrole nitrogens is 1. The minimum atomic E-state index is -0.561. The molecule has 0 unspecified atom stereocenters. The summed E-state index contributed by atoms with van der Waals surface area (Å²) in [5.74, 6) is -0.833. The van der Waals surface area contributed by atoms with Gasteiger partial charge in [0.15, 0.2) is 0 Å². The molecule has 0 aliphatic carbocycles. The first kappa shape index (κ1) is 20.9. The van der Waals surface area contributed by atoms with Crippen LogP contribution in [0.5, 0.6) is 0 Å². The number of carbonyl (C=O) groups excluding carboxylic acids is 2. The number of aromatic amines is 1. The number of aromatic nitrogens is 1. The van der Waals surface area contributed by atoms with E-state index in [9.17, 15) is 14.4 Å². The lowest BCUT2D eigenvalue weighted by Crippen LogP contribution is -2.47. The van der Waals surface area contributed by atoms with Gasteiger partial charge in [0.1, 0.15) is 5.56 Å². The van der Waals surface area contributed by atoms with Crippen LogP contribution in [0.15, 0.2) is 35.3 Å². The van der Waals surface area contributed by atoms with Crippen molar-refractivity contribution >= 4 is 35.1 Å². The predicted molar refractivity (Wildman–Crippen MR) is 106 cm³/mol. The van der Waals surface area contributed by atoms with E-state index in [2.05, 4.69) is 25.8 Å². The van der Waals surface area contributed by atoms with Gasteiger partial charge in [-0.1, -0.05) is 12.1 Å². The highest BCUT2D eigenvalue weighted by molar-refractivity contribution is 5.98. The van der Waals surface area contributed by atoms with E-state index < -0.39 is 5.91 Å². The van der Waals surface area contributed by atoms with Gasteiger partial charge in [-0.15, -0.1) is 12.4 Å². The third-order valence-corrected chi connectivity index (χ3v) is 4.40. The smallest absolute Gasteiger partial charge is 0.257 e. The van der Waals surface area contributed by atoms with Crippen LogP contribution in [0.3, 0.4) is 0 Å². The molecule has 0 radical (unpaired) electrons. The van der Waals surface area contributed by atoms with E-state index in [1.54, 1.807) is 18.2 Å². The molecular formula is C18H24ClN5O3. The lowest BCUT2D eigenvalue weighted by molar-refractivity contribution is -0.120. The van der Waals surface area contributed by atoms with Gasteiger partial charge < -0.3 is 20.9 Å². The Morgan fingerprint density at radius 3 is 2.63 bits per heavy atom. The van der Waals surface area contributed by atoms with Gasteiger partial charge in [0.2, 0.25) is 11.3 Å². The Labute approximate surface area is 163 Å². The molecule has 3 rings (SSSR count). The number of nitrogens with zero attached hydrogens (tertiary/aromatic N) is 1. The minimum absolute atomic E-state index is 0. The summed E-state index contributed by atoms with van der Waals surface area (Å²) < 4.78 is 0. The molecule has 2 aromatic rings. The molecule has 1 aromatic carbocycles. The quantitative estimate of drug-likeness (QED) is 0.539. The van der Waals surface area contributed by atoms with E-state index >= 15 is 0 Å². The molecule has 0 spiro atoms. The maximum atomic E-state index is 12.4. The van der Waals surface area contributed by atoms with E-state index in [4.69, 9.17) is 0 Å². The molecule has 0 saturated carbocycles. The fourth-order valence-electron chi connectivity index (χ4n) is 2.94. The fraction of sp³-hybridized carbons (Fsp3) is 0.389. The number of rotatable bonds is 6. The summed E-state index contributed by atoms with van der Waals surface area (Å²) in [4.78, 5) is 41.6. The second kappa shape index (κ2) is 10.1. The second-order valence-electron chi connectivity index (χ2n) is 6.20. The van der Waals surface area contributed by atoms with Crippen molar-refractivity contribution in [3.05, 3.63) is 46.2 Å². The van der Waals surface area contributed by atoms with Gasteiger partial charge >= 0.3 is 0 Å². The summed E-state index contributed by atoms with van der Waals surface area (Å²) in [6.07, 6.45) is 1.38. The van der Waals surface area contributed by atoms with Crippen molar-refractivity contribution in [1.82, 2.24) is 25.8 Å². The third-order valence-electron chi connectivity index (χ3n) is 4.40. The Hall–Kier alpha value is -2.42. The molecule has 1 aromatic heterocycles. The number of hydrogen-bond acceptors (Lipinski definition) is 5. The Bertz CT molecular complexity index is 848. The molecule has 27 heavy (non-hydrogen) atoms. The first-order valence-electron chi connectivity index (χ1n) is 8.73. The van der Waals surface area contributed by atoms with E-state index in [1.807, 2.05) is 6.07 Å². The average molecular weight is 394 g/mol. The van der Waals surface area contributed by atoms with E-state index in [0.29, 0.717) is 17.4 Å². The zero-order valence-corrected chi connectivity index (χ0v) is 15.7. The van der Waals surface area contributed by atoms with E-state index in [0.717, 1.165) is 32.7 Å². The average Bonchev–Trinajstić information content (AvgIpc) is 2.67. The summed E-state index contributed by atoms with van der Waals surface area (Å²) in [6.45, 7) is 5.02. The maximum absolute atomic E-state index is 12.4. The van der Waals surface area contributed by atoms with Crippen LogP contribution in [0.25, 0.3) is 10.9 Å². The van der Waals surface area contributed by atoms with E-state index in [1.165, 1.54) is 6.20 Å². The molecule has 1 saturated heterocycles. The molecule has 8 nitrogen and oxygen atoms in total. The molecular weight excluding hydrogens is 370 g/mol. The van der Waals surface area contributed by atoms with Crippen LogP contribution in [0.4, 0.5) is 0 Å². The van der Waals surface area contributed by atoms with Crippen LogP contribution in [0, 0.1) is 0 Å². The highest BCUT2D eigenvalue weighted by Crippen LogP contribution is 2.06. The number of carbonyl (C=O) groups is 2. The van der Waals surface area contributed by atoms with Crippen molar-refractivity contribution in [1.29, 1.82) is 0 Å². The van der Waals surface area contributed by atoms with Gasteiger partial charge in [0.25, 0.3) is 5.91 Å². The topological polar surface area (TPSA) is 106 Å². The molecule has 1 aliphatic heterocycles. The number of fused-ring (bicyclic) bond motifs is 1. The Morgan fingerprint density at radius 2 is 1.85 bits per heavy atom. The van der Waals surface area contributed by atoms with Crippen molar-refractivity contribution in [3.63, 3.8) is 0 Å². The number of halogens is 1. The lowest BCUT2D eigenvalue weighted by Gasteiger charge is -2.27. The molecule has 0 bridgehead atoms. The summed E-state index contributed by atoms with van der Waals surface area (Å²) in [6, 6.07) is 6.98. The molecule has 2 amide bonds. The van der Waals surface area contributed by atoms with E-state index in [-0.39, 0.29) is 35.9 Å². The standard InChI is InChI=1S/C18H23N5O3.ClH/c24-16(20-7-10-23-8-5-19-6-9-23)12-22-18(26)14-11-21-15-4-2-1-3-13(15)17(14)25;/h1-4,11,19H,5-10,12H2,(H,20,24)(H,21,25)(H,22,26);1H. The summed E-state index contributed by atoms with van der Waals surface area (Å²) in [5, 5.41) is 9.00. The first-order valence-corrected chi connectivity index (χ1v) is 8.73. The highest BCUT2D eigenvalue weighted by Gasteiger charge is 2.14. The van der Waals surface area contributed by atoms with Crippen molar-refractivity contribution in [3.8, 4) is 0 Å². The third kappa shape index (κ3) is 5.53. The monoisotopic (exact) mass is 393 g/mol. The number of para-hydroxylation sites is 1. The van der Waals surface area contributed by atoms with Crippen LogP contribution in [-0.4, -0.2) is 67.5 Å². The molecule has 1 aliphatic rings. The van der Waals surface area contributed by atoms with Crippen LogP contribution < -0.4 is 21.4 Å². The predicted octanol–water partition coefficient (Wildman–Crippen LogP) is -0.299. The van der Waals surface area contributed by atoms with Gasteiger partial charge in [0, 0.05) is 56.4 Å². The normalized spacial score (nSPS) is 14.4. The Balaban J connectivity index is 0.00000261. The van der Waals surface area contributed by atoms with Crippen LogP contribution >= 0.6 is 12.4 Å². The number of benzene rings is 1. The first-order chi connectivity index (χ1) is 12.6. The molecule has 0 atom stereocenters. The number of amides is 2. The van der Waals surface area contributed by atoms with Crippen molar-refractivity contribution in [2.75, 3.05) is 45.8 Å². The van der Waals surface area contributed by atoms with Crippen molar-refractivity contribution in [2.45, 2.75) is 0 Å². The van der Waals surface area contributed by atoms with Gasteiger partial charge in [-0.05, 0) is 12.1 Å². The second-order valence-corrected chi connectivity index (χ2v) is 6.20. The van der Waals surface area contributed by atoms with Crippen LogP contribution in [0.2, 0.25) is 0 Å². The zero-order valence-electron chi connectivity index (χ0n) is 14.9. The number of piperazine rings is 1. The fourth-order valence-corrected chi connectivity index (χ4v) is 2.94.